The van der Waals surface area contributed by atoms with Crippen molar-refractivity contribution in [1.82, 2.24) is 14.9 Å². The third-order valence-corrected chi connectivity index (χ3v) is 5.14. The first kappa shape index (κ1) is 18.6. The van der Waals surface area contributed by atoms with Crippen LogP contribution in [0, 0.1) is 5.82 Å². The van der Waals surface area contributed by atoms with Crippen molar-refractivity contribution >= 4 is 0 Å². The van der Waals surface area contributed by atoms with Gasteiger partial charge in [0, 0.05) is 37.0 Å². The van der Waals surface area contributed by atoms with Crippen LogP contribution in [0.4, 0.5) is 4.39 Å². The van der Waals surface area contributed by atoms with Crippen molar-refractivity contribution in [3.63, 3.8) is 0 Å². The van der Waals surface area contributed by atoms with Gasteiger partial charge in [0.05, 0.1) is 11.4 Å². The first-order valence-corrected chi connectivity index (χ1v) is 9.76. The van der Waals surface area contributed by atoms with Gasteiger partial charge in [-0.1, -0.05) is 30.3 Å². The molecule has 3 aromatic rings. The lowest BCUT2D eigenvalue weighted by molar-refractivity contribution is 0.169. The fraction of sp³-hybridized carbons (Fsp3) is 0.304. The molecule has 1 saturated heterocycles. The summed E-state index contributed by atoms with van der Waals surface area (Å²) in [6.45, 7) is 3.51. The molecule has 0 unspecified atom stereocenters. The van der Waals surface area contributed by atoms with Crippen LogP contribution in [0.5, 0.6) is 5.75 Å². The molecule has 5 heteroatoms. The minimum atomic E-state index is -0.252. The number of para-hydroxylation sites is 1. The number of rotatable bonds is 6. The minimum absolute atomic E-state index is 0.252. The van der Waals surface area contributed by atoms with Crippen LogP contribution in [0.2, 0.25) is 0 Å². The van der Waals surface area contributed by atoms with Gasteiger partial charge in [-0.2, -0.15) is 0 Å². The van der Waals surface area contributed by atoms with E-state index < -0.39 is 0 Å². The summed E-state index contributed by atoms with van der Waals surface area (Å²) in [6.07, 6.45) is 5.58. The van der Waals surface area contributed by atoms with Crippen molar-refractivity contribution in [2.75, 3.05) is 26.2 Å². The van der Waals surface area contributed by atoms with Crippen molar-refractivity contribution < 1.29 is 9.13 Å². The van der Waals surface area contributed by atoms with Gasteiger partial charge in [0.25, 0.3) is 0 Å². The lowest BCUT2D eigenvalue weighted by atomic mass is 9.91. The third kappa shape index (κ3) is 4.54. The maximum Gasteiger partial charge on any atom is 0.123 e. The van der Waals surface area contributed by atoms with E-state index in [2.05, 4.69) is 14.9 Å². The number of benzene rings is 2. The largest absolute Gasteiger partial charge is 0.492 e. The number of hydrogen-bond acceptors (Lipinski definition) is 4. The second kappa shape index (κ2) is 8.93. The molecule has 0 aliphatic carbocycles. The van der Waals surface area contributed by atoms with Gasteiger partial charge in [-0.05, 0) is 43.7 Å². The van der Waals surface area contributed by atoms with Gasteiger partial charge in [0.15, 0.2) is 0 Å². The van der Waals surface area contributed by atoms with Crippen LogP contribution in [0.15, 0.2) is 67.0 Å². The average Bonchev–Trinajstić information content (AvgIpc) is 2.75. The van der Waals surface area contributed by atoms with Gasteiger partial charge in [-0.25, -0.2) is 4.39 Å². The summed E-state index contributed by atoms with van der Waals surface area (Å²) in [5, 5.41) is 0. The first-order chi connectivity index (χ1) is 13.8. The molecule has 2 aromatic carbocycles. The molecular weight excluding hydrogens is 353 g/mol. The van der Waals surface area contributed by atoms with E-state index in [1.807, 2.05) is 36.4 Å². The predicted molar refractivity (Wildman–Crippen MR) is 108 cm³/mol. The number of likely N-dealkylation sites (tertiary alicyclic amines) is 1. The number of aromatic nitrogens is 2. The zero-order valence-electron chi connectivity index (χ0n) is 15.8. The standard InChI is InChI=1S/C23H24FN3O/c24-20-8-4-6-18(16-20)22-23(26-12-11-25-22)19-7-5-13-27(17-19)14-15-28-21-9-2-1-3-10-21/h1-4,6,8-12,16,19H,5,7,13-15,17H2/t19-/m1/s1. The minimum Gasteiger partial charge on any atom is -0.492 e. The quantitative estimate of drug-likeness (QED) is 0.632. The highest BCUT2D eigenvalue weighted by Gasteiger charge is 2.25. The summed E-state index contributed by atoms with van der Waals surface area (Å²) < 4.78 is 19.5. The van der Waals surface area contributed by atoms with Crippen molar-refractivity contribution in [3.8, 4) is 17.0 Å². The van der Waals surface area contributed by atoms with Gasteiger partial charge in [-0.15, -0.1) is 0 Å². The van der Waals surface area contributed by atoms with Crippen LogP contribution in [0.25, 0.3) is 11.3 Å². The van der Waals surface area contributed by atoms with E-state index in [-0.39, 0.29) is 11.7 Å². The highest BCUT2D eigenvalue weighted by atomic mass is 19.1. The number of nitrogens with zero attached hydrogens (tertiary/aromatic N) is 3. The second-order valence-corrected chi connectivity index (χ2v) is 7.10. The Hall–Kier alpha value is -2.79. The molecule has 2 heterocycles. The van der Waals surface area contributed by atoms with Gasteiger partial charge < -0.3 is 4.74 Å². The van der Waals surface area contributed by atoms with Crippen molar-refractivity contribution in [2.45, 2.75) is 18.8 Å². The summed E-state index contributed by atoms with van der Waals surface area (Å²) >= 11 is 0. The van der Waals surface area contributed by atoms with E-state index in [9.17, 15) is 4.39 Å². The highest BCUT2D eigenvalue weighted by molar-refractivity contribution is 5.62. The molecule has 0 amide bonds. The Labute approximate surface area is 165 Å². The van der Waals surface area contributed by atoms with Gasteiger partial charge >= 0.3 is 0 Å². The molecule has 0 radical (unpaired) electrons. The van der Waals surface area contributed by atoms with E-state index in [1.165, 1.54) is 12.1 Å². The molecule has 1 aliphatic rings. The lowest BCUT2D eigenvalue weighted by Gasteiger charge is -2.32. The third-order valence-electron chi connectivity index (χ3n) is 5.14. The Kier molecular flexibility index (Phi) is 5.92. The fourth-order valence-corrected chi connectivity index (χ4v) is 3.80. The summed E-state index contributed by atoms with van der Waals surface area (Å²) in [5.74, 6) is 0.938. The van der Waals surface area contributed by atoms with E-state index in [0.717, 1.165) is 55.2 Å². The predicted octanol–water partition coefficient (Wildman–Crippen LogP) is 4.54. The van der Waals surface area contributed by atoms with E-state index >= 15 is 0 Å². The van der Waals surface area contributed by atoms with Crippen molar-refractivity contribution in [1.29, 1.82) is 0 Å². The molecule has 0 spiro atoms. The fourth-order valence-electron chi connectivity index (χ4n) is 3.80. The number of ether oxygens (including phenoxy) is 1. The first-order valence-electron chi connectivity index (χ1n) is 9.76. The summed E-state index contributed by atoms with van der Waals surface area (Å²) in [6, 6.07) is 16.5. The van der Waals surface area contributed by atoms with E-state index in [1.54, 1.807) is 18.5 Å². The van der Waals surface area contributed by atoms with E-state index in [4.69, 9.17) is 4.74 Å². The molecule has 144 valence electrons. The Balaban J connectivity index is 1.43. The average molecular weight is 377 g/mol. The molecule has 0 N–H and O–H groups in total. The highest BCUT2D eigenvalue weighted by Crippen LogP contribution is 2.31. The summed E-state index contributed by atoms with van der Waals surface area (Å²) in [5.41, 5.74) is 2.53. The van der Waals surface area contributed by atoms with Crippen LogP contribution in [0.3, 0.4) is 0 Å². The monoisotopic (exact) mass is 377 g/mol. The van der Waals surface area contributed by atoms with Crippen LogP contribution >= 0.6 is 0 Å². The molecular formula is C23H24FN3O. The molecule has 1 atom stereocenters. The maximum atomic E-state index is 13.7. The molecule has 1 aliphatic heterocycles. The molecule has 4 nitrogen and oxygen atoms in total. The number of piperidine rings is 1. The smallest absolute Gasteiger partial charge is 0.123 e. The number of halogens is 1. The van der Waals surface area contributed by atoms with Crippen LogP contribution in [0.1, 0.15) is 24.5 Å². The van der Waals surface area contributed by atoms with Crippen LogP contribution in [-0.2, 0) is 0 Å². The van der Waals surface area contributed by atoms with Gasteiger partial charge in [0.1, 0.15) is 18.2 Å². The Bertz CT molecular complexity index is 903. The molecule has 1 aromatic heterocycles. The lowest BCUT2D eigenvalue weighted by Crippen LogP contribution is -2.37. The Morgan fingerprint density at radius 3 is 2.75 bits per heavy atom. The molecule has 4 rings (SSSR count). The summed E-state index contributed by atoms with van der Waals surface area (Å²) in [4.78, 5) is 11.6. The molecule has 1 fully saturated rings. The number of hydrogen-bond donors (Lipinski definition) is 0. The molecule has 0 saturated carbocycles. The molecule has 28 heavy (non-hydrogen) atoms. The van der Waals surface area contributed by atoms with E-state index in [0.29, 0.717) is 6.61 Å². The zero-order valence-corrected chi connectivity index (χ0v) is 15.8. The zero-order chi connectivity index (χ0) is 19.2. The van der Waals surface area contributed by atoms with Gasteiger partial charge in [-0.3, -0.25) is 14.9 Å². The summed E-state index contributed by atoms with van der Waals surface area (Å²) in [7, 11) is 0. The normalized spacial score (nSPS) is 17.4. The van der Waals surface area contributed by atoms with Crippen molar-refractivity contribution in [2.24, 2.45) is 0 Å². The second-order valence-electron chi connectivity index (χ2n) is 7.10. The van der Waals surface area contributed by atoms with Crippen LogP contribution in [-0.4, -0.2) is 41.1 Å². The topological polar surface area (TPSA) is 38.2 Å². The van der Waals surface area contributed by atoms with Crippen LogP contribution < -0.4 is 4.74 Å². The Morgan fingerprint density at radius 1 is 1.04 bits per heavy atom. The van der Waals surface area contributed by atoms with Crippen molar-refractivity contribution in [3.05, 3.63) is 78.5 Å². The molecule has 0 bridgehead atoms. The Morgan fingerprint density at radius 2 is 1.89 bits per heavy atom. The van der Waals surface area contributed by atoms with Gasteiger partial charge in [0.2, 0.25) is 0 Å². The SMILES string of the molecule is Fc1cccc(-c2nccnc2[C@@H]2CCCN(CCOc3ccccc3)C2)c1. The maximum absolute atomic E-state index is 13.7.